The predicted octanol–water partition coefficient (Wildman–Crippen LogP) is 5.73. The highest BCUT2D eigenvalue weighted by Crippen LogP contribution is 2.28. The molecule has 4 aromatic rings. The van der Waals surface area contributed by atoms with E-state index in [1.165, 1.54) is 6.07 Å². The van der Waals surface area contributed by atoms with Gasteiger partial charge in [-0.15, -0.1) is 0 Å². The fourth-order valence-corrected chi connectivity index (χ4v) is 3.46. The third-order valence-electron chi connectivity index (χ3n) is 5.13. The summed E-state index contributed by atoms with van der Waals surface area (Å²) in [5.74, 6) is 0.827. The van der Waals surface area contributed by atoms with Crippen molar-refractivity contribution in [3.8, 4) is 5.75 Å². The van der Waals surface area contributed by atoms with Crippen LogP contribution in [0.3, 0.4) is 0 Å². The number of hydrogen-bond acceptors (Lipinski definition) is 5. The molecule has 0 saturated heterocycles. The fraction of sp³-hybridized carbons (Fsp3) is 0.231. The number of esters is 1. The molecule has 0 aliphatic rings. The lowest BCUT2D eigenvalue weighted by Crippen LogP contribution is -2.08. The molecule has 0 atom stereocenters. The van der Waals surface area contributed by atoms with E-state index in [0.29, 0.717) is 29.2 Å². The van der Waals surface area contributed by atoms with Crippen molar-refractivity contribution in [3.05, 3.63) is 88.3 Å². The number of benzene rings is 3. The Balaban J connectivity index is 1.52. The Morgan fingerprint density at radius 1 is 1.00 bits per heavy atom. The van der Waals surface area contributed by atoms with Gasteiger partial charge in [-0.25, -0.2) is 9.59 Å². The van der Waals surface area contributed by atoms with Crippen molar-refractivity contribution >= 4 is 27.7 Å². The van der Waals surface area contributed by atoms with Crippen LogP contribution in [-0.4, -0.2) is 12.6 Å². The second-order valence-corrected chi connectivity index (χ2v) is 7.88. The number of ether oxygens (including phenoxy) is 2. The van der Waals surface area contributed by atoms with Crippen LogP contribution < -0.4 is 10.4 Å². The first kappa shape index (κ1) is 20.7. The SMILES string of the molecule is CC(C)CCOc1ccc(C(=O)OCc2cc(=O)oc3ccc4ccccc4c23)cc1. The molecule has 1 heterocycles. The molecular weight excluding hydrogens is 392 g/mol. The van der Waals surface area contributed by atoms with Crippen LogP contribution in [0.4, 0.5) is 0 Å². The Morgan fingerprint density at radius 2 is 1.77 bits per heavy atom. The highest BCUT2D eigenvalue weighted by Gasteiger charge is 2.13. The zero-order valence-corrected chi connectivity index (χ0v) is 17.6. The zero-order valence-electron chi connectivity index (χ0n) is 17.6. The Morgan fingerprint density at radius 3 is 2.55 bits per heavy atom. The first-order valence-corrected chi connectivity index (χ1v) is 10.4. The molecule has 0 aliphatic carbocycles. The number of rotatable bonds is 7. The summed E-state index contributed by atoms with van der Waals surface area (Å²) in [6.07, 6.45) is 0.970. The maximum atomic E-state index is 12.6. The molecule has 0 radical (unpaired) electrons. The summed E-state index contributed by atoms with van der Waals surface area (Å²) in [5, 5.41) is 2.74. The minimum atomic E-state index is -0.475. The van der Waals surface area contributed by atoms with Gasteiger partial charge in [0.05, 0.1) is 12.2 Å². The van der Waals surface area contributed by atoms with Crippen molar-refractivity contribution < 1.29 is 18.7 Å². The molecular formula is C26H24O5. The van der Waals surface area contributed by atoms with E-state index in [4.69, 9.17) is 13.9 Å². The zero-order chi connectivity index (χ0) is 21.8. The van der Waals surface area contributed by atoms with Gasteiger partial charge in [-0.2, -0.15) is 0 Å². The number of carbonyl (C=O) groups is 1. The van der Waals surface area contributed by atoms with Gasteiger partial charge < -0.3 is 13.9 Å². The lowest BCUT2D eigenvalue weighted by Gasteiger charge is -2.10. The lowest BCUT2D eigenvalue weighted by molar-refractivity contribution is 0.0474. The van der Waals surface area contributed by atoms with Crippen molar-refractivity contribution in [2.24, 2.45) is 5.92 Å². The van der Waals surface area contributed by atoms with Gasteiger partial charge >= 0.3 is 11.6 Å². The highest BCUT2D eigenvalue weighted by molar-refractivity contribution is 6.07. The first-order valence-electron chi connectivity index (χ1n) is 10.4. The summed E-state index contributed by atoms with van der Waals surface area (Å²) >= 11 is 0. The minimum Gasteiger partial charge on any atom is -0.494 e. The van der Waals surface area contributed by atoms with E-state index in [0.717, 1.165) is 28.3 Å². The average Bonchev–Trinajstić information content (AvgIpc) is 2.77. The van der Waals surface area contributed by atoms with Gasteiger partial charge in [-0.3, -0.25) is 0 Å². The van der Waals surface area contributed by atoms with Crippen LogP contribution in [0.2, 0.25) is 0 Å². The molecule has 158 valence electrons. The Bertz CT molecular complexity index is 1270. The van der Waals surface area contributed by atoms with Crippen molar-refractivity contribution in [3.63, 3.8) is 0 Å². The molecule has 0 bridgehead atoms. The van der Waals surface area contributed by atoms with Gasteiger partial charge in [0.2, 0.25) is 0 Å². The van der Waals surface area contributed by atoms with Crippen molar-refractivity contribution in [1.82, 2.24) is 0 Å². The minimum absolute atomic E-state index is 0.0262. The first-order chi connectivity index (χ1) is 15.0. The summed E-state index contributed by atoms with van der Waals surface area (Å²) in [5.41, 5.74) is 1.04. The van der Waals surface area contributed by atoms with E-state index in [2.05, 4.69) is 13.8 Å². The Hall–Kier alpha value is -3.60. The quantitative estimate of drug-likeness (QED) is 0.219. The van der Waals surface area contributed by atoms with Crippen LogP contribution in [0.5, 0.6) is 5.75 Å². The van der Waals surface area contributed by atoms with Crippen LogP contribution in [0.25, 0.3) is 21.7 Å². The third-order valence-corrected chi connectivity index (χ3v) is 5.13. The van der Waals surface area contributed by atoms with Gasteiger partial charge in [0, 0.05) is 17.0 Å². The van der Waals surface area contributed by atoms with E-state index >= 15 is 0 Å². The third kappa shape index (κ3) is 4.77. The largest absolute Gasteiger partial charge is 0.494 e. The number of fused-ring (bicyclic) bond motifs is 3. The van der Waals surface area contributed by atoms with Crippen molar-refractivity contribution in [1.29, 1.82) is 0 Å². The van der Waals surface area contributed by atoms with Crippen LogP contribution in [0.15, 0.2) is 75.9 Å². The Kier molecular flexibility index (Phi) is 6.03. The Labute approximate surface area is 180 Å². The van der Waals surface area contributed by atoms with Crippen LogP contribution in [0, 0.1) is 5.92 Å². The molecule has 0 N–H and O–H groups in total. The second kappa shape index (κ2) is 9.04. The highest BCUT2D eigenvalue weighted by atomic mass is 16.5. The summed E-state index contributed by atoms with van der Waals surface area (Å²) in [6, 6.07) is 19.8. The van der Waals surface area contributed by atoms with E-state index in [1.807, 2.05) is 30.3 Å². The number of carbonyl (C=O) groups excluding carboxylic acids is 1. The normalized spacial score (nSPS) is 11.2. The standard InChI is InChI=1S/C26H24O5/c1-17(2)13-14-29-21-10-7-19(8-11-21)26(28)30-16-20-15-24(27)31-23-12-9-18-5-3-4-6-22(18)25(20)23/h3-12,15,17H,13-14,16H2,1-2H3. The molecule has 5 heteroatoms. The summed E-state index contributed by atoms with van der Waals surface area (Å²) in [6.45, 7) is 4.90. The number of hydrogen-bond donors (Lipinski definition) is 0. The monoisotopic (exact) mass is 416 g/mol. The fourth-order valence-electron chi connectivity index (χ4n) is 3.46. The molecule has 31 heavy (non-hydrogen) atoms. The molecule has 4 rings (SSSR count). The van der Waals surface area contributed by atoms with Crippen molar-refractivity contribution in [2.75, 3.05) is 6.61 Å². The summed E-state index contributed by atoms with van der Waals surface area (Å²) < 4.78 is 16.6. The predicted molar refractivity (Wildman–Crippen MR) is 121 cm³/mol. The van der Waals surface area contributed by atoms with Gasteiger partial charge in [0.1, 0.15) is 17.9 Å². The topological polar surface area (TPSA) is 65.7 Å². The lowest BCUT2D eigenvalue weighted by atomic mass is 10.0. The van der Waals surface area contributed by atoms with E-state index in [9.17, 15) is 9.59 Å². The van der Waals surface area contributed by atoms with Crippen LogP contribution in [0.1, 0.15) is 36.2 Å². The maximum Gasteiger partial charge on any atom is 0.338 e. The summed E-state index contributed by atoms with van der Waals surface area (Å²) in [4.78, 5) is 24.6. The summed E-state index contributed by atoms with van der Waals surface area (Å²) in [7, 11) is 0. The van der Waals surface area contributed by atoms with E-state index < -0.39 is 11.6 Å². The second-order valence-electron chi connectivity index (χ2n) is 7.88. The molecule has 0 amide bonds. The molecule has 1 aromatic heterocycles. The molecule has 0 spiro atoms. The molecule has 0 saturated carbocycles. The van der Waals surface area contributed by atoms with Crippen LogP contribution in [-0.2, 0) is 11.3 Å². The van der Waals surface area contributed by atoms with Crippen LogP contribution >= 0.6 is 0 Å². The maximum absolute atomic E-state index is 12.6. The van der Waals surface area contributed by atoms with E-state index in [-0.39, 0.29) is 6.61 Å². The molecule has 5 nitrogen and oxygen atoms in total. The molecule has 3 aromatic carbocycles. The van der Waals surface area contributed by atoms with Gasteiger partial charge in [0.25, 0.3) is 0 Å². The van der Waals surface area contributed by atoms with E-state index in [1.54, 1.807) is 30.3 Å². The molecule has 0 unspecified atom stereocenters. The smallest absolute Gasteiger partial charge is 0.338 e. The van der Waals surface area contributed by atoms with Crippen molar-refractivity contribution in [2.45, 2.75) is 26.9 Å². The molecule has 0 fully saturated rings. The molecule has 0 aliphatic heterocycles. The average molecular weight is 416 g/mol. The van der Waals surface area contributed by atoms with Gasteiger partial charge in [-0.1, -0.05) is 44.2 Å². The van der Waals surface area contributed by atoms with Gasteiger partial charge in [-0.05, 0) is 53.4 Å². The van der Waals surface area contributed by atoms with Gasteiger partial charge in [0.15, 0.2) is 0 Å².